The molecule has 3 nitrogen and oxygen atoms in total. The van der Waals surface area contributed by atoms with E-state index in [-0.39, 0.29) is 0 Å². The molecule has 0 spiro atoms. The molecule has 0 saturated heterocycles. The number of anilines is 1. The second kappa shape index (κ2) is 3.62. The number of rotatable bonds is 3. The summed E-state index contributed by atoms with van der Waals surface area (Å²) in [5.41, 5.74) is 2.23. The molecule has 2 heterocycles. The largest absolute Gasteiger partial charge is 0.379 e. The zero-order valence-electron chi connectivity index (χ0n) is 7.40. The van der Waals surface area contributed by atoms with Gasteiger partial charge in [0.2, 0.25) is 0 Å². The summed E-state index contributed by atoms with van der Waals surface area (Å²) in [4.78, 5) is 0. The average molecular weight is 193 g/mol. The summed E-state index contributed by atoms with van der Waals surface area (Å²) in [6, 6.07) is 4.08. The van der Waals surface area contributed by atoms with E-state index in [9.17, 15) is 0 Å². The predicted octanol–water partition coefficient (Wildman–Crippen LogP) is 2.09. The van der Waals surface area contributed by atoms with Gasteiger partial charge in [-0.25, -0.2) is 0 Å². The van der Waals surface area contributed by atoms with Gasteiger partial charge in [0, 0.05) is 24.3 Å². The molecule has 0 radical (unpaired) electrons. The lowest BCUT2D eigenvalue weighted by atomic mass is 10.4. The van der Waals surface area contributed by atoms with Crippen LogP contribution in [0.25, 0.3) is 0 Å². The highest BCUT2D eigenvalue weighted by Crippen LogP contribution is 2.12. The summed E-state index contributed by atoms with van der Waals surface area (Å²) in [6.45, 7) is 0.789. The topological polar surface area (TPSA) is 29.9 Å². The SMILES string of the molecule is Cn1ccc(CNc2ccsc2)n1. The molecule has 4 heteroatoms. The van der Waals surface area contributed by atoms with Gasteiger partial charge in [-0.2, -0.15) is 16.4 Å². The number of thiophene rings is 1. The van der Waals surface area contributed by atoms with E-state index in [0.29, 0.717) is 0 Å². The molecule has 0 aliphatic heterocycles. The third-order valence-corrected chi connectivity index (χ3v) is 2.45. The Labute approximate surface area is 81.0 Å². The van der Waals surface area contributed by atoms with Crippen molar-refractivity contribution < 1.29 is 0 Å². The zero-order valence-corrected chi connectivity index (χ0v) is 8.21. The number of hydrogen-bond donors (Lipinski definition) is 1. The van der Waals surface area contributed by atoms with Crippen molar-refractivity contribution in [2.75, 3.05) is 5.32 Å². The molecule has 0 aliphatic rings. The fourth-order valence-electron chi connectivity index (χ4n) is 1.12. The van der Waals surface area contributed by atoms with Crippen molar-refractivity contribution in [3.05, 3.63) is 34.8 Å². The lowest BCUT2D eigenvalue weighted by Gasteiger charge is -1.99. The highest BCUT2D eigenvalue weighted by molar-refractivity contribution is 7.08. The molecule has 2 aromatic heterocycles. The van der Waals surface area contributed by atoms with Crippen LogP contribution in [0.5, 0.6) is 0 Å². The van der Waals surface area contributed by atoms with E-state index in [1.54, 1.807) is 11.3 Å². The molecule has 0 atom stereocenters. The maximum Gasteiger partial charge on any atom is 0.0815 e. The molecule has 68 valence electrons. The Hall–Kier alpha value is -1.29. The first kappa shape index (κ1) is 8.31. The van der Waals surface area contributed by atoms with Crippen molar-refractivity contribution in [1.29, 1.82) is 0 Å². The lowest BCUT2D eigenvalue weighted by Crippen LogP contribution is -1.99. The van der Waals surface area contributed by atoms with Crippen LogP contribution in [0.4, 0.5) is 5.69 Å². The third kappa shape index (κ3) is 2.09. The van der Waals surface area contributed by atoms with Gasteiger partial charge in [0.1, 0.15) is 0 Å². The van der Waals surface area contributed by atoms with E-state index in [2.05, 4.69) is 27.2 Å². The van der Waals surface area contributed by atoms with Gasteiger partial charge in [-0.1, -0.05) is 0 Å². The summed E-state index contributed by atoms with van der Waals surface area (Å²) in [5, 5.41) is 11.7. The molecule has 0 bridgehead atoms. The minimum Gasteiger partial charge on any atom is -0.379 e. The van der Waals surface area contributed by atoms with Gasteiger partial charge in [0.05, 0.1) is 12.2 Å². The lowest BCUT2D eigenvalue weighted by molar-refractivity contribution is 0.747. The fraction of sp³-hybridized carbons (Fsp3) is 0.222. The summed E-state index contributed by atoms with van der Waals surface area (Å²) in [6.07, 6.45) is 1.95. The van der Waals surface area contributed by atoms with Crippen LogP contribution in [-0.2, 0) is 13.6 Å². The normalized spacial score (nSPS) is 10.2. The first-order valence-corrected chi connectivity index (χ1v) is 5.03. The van der Waals surface area contributed by atoms with E-state index in [0.717, 1.165) is 17.9 Å². The van der Waals surface area contributed by atoms with E-state index in [1.807, 2.05) is 24.0 Å². The van der Waals surface area contributed by atoms with Gasteiger partial charge in [-0.05, 0) is 17.5 Å². The minimum atomic E-state index is 0.789. The Balaban J connectivity index is 1.93. The Morgan fingerprint density at radius 1 is 1.54 bits per heavy atom. The number of hydrogen-bond acceptors (Lipinski definition) is 3. The quantitative estimate of drug-likeness (QED) is 0.809. The van der Waals surface area contributed by atoms with Crippen LogP contribution in [0.2, 0.25) is 0 Å². The van der Waals surface area contributed by atoms with E-state index in [4.69, 9.17) is 0 Å². The van der Waals surface area contributed by atoms with Crippen molar-refractivity contribution in [3.63, 3.8) is 0 Å². The first-order chi connectivity index (χ1) is 6.34. The molecular formula is C9H11N3S. The number of aryl methyl sites for hydroxylation is 1. The van der Waals surface area contributed by atoms with Crippen molar-refractivity contribution in [2.24, 2.45) is 7.05 Å². The van der Waals surface area contributed by atoms with E-state index >= 15 is 0 Å². The number of nitrogens with zero attached hydrogens (tertiary/aromatic N) is 2. The molecule has 0 amide bonds. The van der Waals surface area contributed by atoms with Crippen LogP contribution in [0.15, 0.2) is 29.1 Å². The van der Waals surface area contributed by atoms with Gasteiger partial charge in [0.25, 0.3) is 0 Å². The van der Waals surface area contributed by atoms with Crippen LogP contribution in [-0.4, -0.2) is 9.78 Å². The van der Waals surface area contributed by atoms with Crippen molar-refractivity contribution in [1.82, 2.24) is 9.78 Å². The molecule has 0 saturated carbocycles. The Morgan fingerprint density at radius 2 is 2.46 bits per heavy atom. The van der Waals surface area contributed by atoms with Gasteiger partial charge in [0.15, 0.2) is 0 Å². The van der Waals surface area contributed by atoms with Gasteiger partial charge in [-0.3, -0.25) is 4.68 Å². The second-order valence-corrected chi connectivity index (χ2v) is 3.63. The standard InChI is InChI=1S/C9H11N3S/c1-12-4-2-8(11-12)6-10-9-3-5-13-7-9/h2-5,7,10H,6H2,1H3. The zero-order chi connectivity index (χ0) is 9.10. The highest BCUT2D eigenvalue weighted by Gasteiger charge is 1.96. The number of nitrogens with one attached hydrogen (secondary N) is 1. The van der Waals surface area contributed by atoms with Crippen molar-refractivity contribution in [2.45, 2.75) is 6.54 Å². The average Bonchev–Trinajstić information content (AvgIpc) is 2.71. The van der Waals surface area contributed by atoms with Gasteiger partial charge in [-0.15, -0.1) is 0 Å². The summed E-state index contributed by atoms with van der Waals surface area (Å²) in [7, 11) is 1.92. The Bertz CT molecular complexity index is 364. The molecule has 2 rings (SSSR count). The van der Waals surface area contributed by atoms with Crippen LogP contribution in [0.3, 0.4) is 0 Å². The Kier molecular flexibility index (Phi) is 2.31. The maximum absolute atomic E-state index is 4.27. The van der Waals surface area contributed by atoms with Crippen LogP contribution in [0.1, 0.15) is 5.69 Å². The molecule has 0 aliphatic carbocycles. The molecule has 0 unspecified atom stereocenters. The van der Waals surface area contributed by atoms with Crippen LogP contribution >= 0.6 is 11.3 Å². The van der Waals surface area contributed by atoms with Gasteiger partial charge < -0.3 is 5.32 Å². The van der Waals surface area contributed by atoms with Crippen LogP contribution < -0.4 is 5.32 Å². The summed E-state index contributed by atoms with van der Waals surface area (Å²) >= 11 is 1.69. The number of aromatic nitrogens is 2. The van der Waals surface area contributed by atoms with Crippen LogP contribution in [0, 0.1) is 0 Å². The molecular weight excluding hydrogens is 182 g/mol. The predicted molar refractivity (Wildman–Crippen MR) is 54.9 cm³/mol. The molecule has 0 fully saturated rings. The van der Waals surface area contributed by atoms with Gasteiger partial charge >= 0.3 is 0 Å². The molecule has 13 heavy (non-hydrogen) atoms. The summed E-state index contributed by atoms with van der Waals surface area (Å²) < 4.78 is 1.81. The van der Waals surface area contributed by atoms with Crippen molar-refractivity contribution >= 4 is 17.0 Å². The maximum atomic E-state index is 4.27. The monoisotopic (exact) mass is 193 g/mol. The highest BCUT2D eigenvalue weighted by atomic mass is 32.1. The van der Waals surface area contributed by atoms with E-state index < -0.39 is 0 Å². The molecule has 2 aromatic rings. The van der Waals surface area contributed by atoms with Crippen molar-refractivity contribution in [3.8, 4) is 0 Å². The third-order valence-electron chi connectivity index (χ3n) is 1.76. The molecule has 1 N–H and O–H groups in total. The Morgan fingerprint density at radius 3 is 3.08 bits per heavy atom. The second-order valence-electron chi connectivity index (χ2n) is 2.85. The minimum absolute atomic E-state index is 0.789. The van der Waals surface area contributed by atoms with E-state index in [1.165, 1.54) is 0 Å². The summed E-state index contributed by atoms with van der Waals surface area (Å²) in [5.74, 6) is 0. The molecule has 0 aromatic carbocycles. The smallest absolute Gasteiger partial charge is 0.0815 e. The first-order valence-electron chi connectivity index (χ1n) is 4.09. The fourth-order valence-corrected chi connectivity index (χ4v) is 1.73.